The Bertz CT molecular complexity index is 584. The number of carboxylic acid groups (broad SMARTS) is 1. The molecular weight excluding hydrogens is 427 g/mol. The van der Waals surface area contributed by atoms with E-state index >= 15 is 0 Å². The molecule has 2 aromatic rings. The normalized spacial score (nSPS) is 10.3. The third-order valence-corrected chi connectivity index (χ3v) is 5.55. The average molecular weight is 435 g/mol. The number of rotatable bonds is 3. The number of hydrogen-bond acceptors (Lipinski definition) is 2. The van der Waals surface area contributed by atoms with E-state index in [0.29, 0.717) is 5.56 Å². The van der Waals surface area contributed by atoms with Crippen LogP contribution in [0.5, 0.6) is 0 Å². The van der Waals surface area contributed by atoms with Crippen LogP contribution in [0.4, 0.5) is 0 Å². The molecule has 0 aromatic heterocycles. The lowest BCUT2D eigenvalue weighted by Gasteiger charge is -2.04. The van der Waals surface area contributed by atoms with Crippen LogP contribution in [0.1, 0.15) is 10.4 Å². The highest BCUT2D eigenvalue weighted by Crippen LogP contribution is 2.31. The lowest BCUT2D eigenvalue weighted by Crippen LogP contribution is -1.94. The summed E-state index contributed by atoms with van der Waals surface area (Å²) in [5.74, 6) is -0.898. The monoisotopic (exact) mass is 434 g/mol. The molecule has 2 rings (SSSR count). The molecule has 18 heavy (non-hydrogen) atoms. The van der Waals surface area contributed by atoms with Crippen LogP contribution >= 0.6 is 50.3 Å². The topological polar surface area (TPSA) is 37.3 Å². The van der Waals surface area contributed by atoms with Crippen LogP contribution in [0.3, 0.4) is 0 Å². The molecule has 0 heterocycles. The van der Waals surface area contributed by atoms with Gasteiger partial charge >= 0.3 is 5.97 Å². The molecule has 2 nitrogen and oxygen atoms in total. The van der Waals surface area contributed by atoms with Gasteiger partial charge in [-0.05, 0) is 81.0 Å². The number of aromatic carboxylic acids is 1. The van der Waals surface area contributed by atoms with Gasteiger partial charge in [0.05, 0.1) is 5.56 Å². The van der Waals surface area contributed by atoms with Gasteiger partial charge < -0.3 is 5.11 Å². The lowest BCUT2D eigenvalue weighted by atomic mass is 10.2. The fraction of sp³-hybridized carbons (Fsp3) is 0. The number of carbonyl (C=O) groups is 1. The van der Waals surface area contributed by atoms with E-state index in [1.54, 1.807) is 23.9 Å². The summed E-state index contributed by atoms with van der Waals surface area (Å²) in [5, 5.41) is 8.82. The molecule has 0 aliphatic rings. The second-order valence-corrected chi connectivity index (χ2v) is 6.67. The zero-order valence-electron chi connectivity index (χ0n) is 9.06. The van der Waals surface area contributed by atoms with E-state index in [4.69, 9.17) is 5.11 Å². The second kappa shape index (κ2) is 6.08. The maximum Gasteiger partial charge on any atom is 0.335 e. The largest absolute Gasteiger partial charge is 0.478 e. The summed E-state index contributed by atoms with van der Waals surface area (Å²) in [6.45, 7) is 0. The van der Waals surface area contributed by atoms with Gasteiger partial charge in [-0.15, -0.1) is 0 Å². The summed E-state index contributed by atoms with van der Waals surface area (Å²) in [6, 6.07) is 13.0. The van der Waals surface area contributed by atoms with Gasteiger partial charge in [0.1, 0.15) is 0 Å². The van der Waals surface area contributed by atoms with Gasteiger partial charge in [0.25, 0.3) is 0 Å². The van der Waals surface area contributed by atoms with Gasteiger partial charge in [-0.3, -0.25) is 0 Å². The first-order valence-electron chi connectivity index (χ1n) is 5.02. The first-order chi connectivity index (χ1) is 8.56. The molecule has 2 aromatic carbocycles. The summed E-state index contributed by atoms with van der Waals surface area (Å²) in [4.78, 5) is 12.9. The molecule has 0 aliphatic carbocycles. The molecule has 0 spiro atoms. The van der Waals surface area contributed by atoms with Crippen molar-refractivity contribution in [3.8, 4) is 0 Å². The second-order valence-electron chi connectivity index (χ2n) is 3.51. The van der Waals surface area contributed by atoms with E-state index in [0.717, 1.165) is 17.8 Å². The molecule has 0 saturated carbocycles. The Labute approximate surface area is 131 Å². The van der Waals surface area contributed by atoms with E-state index < -0.39 is 5.97 Å². The highest BCUT2D eigenvalue weighted by atomic mass is 127. The molecule has 0 unspecified atom stereocenters. The van der Waals surface area contributed by atoms with Gasteiger partial charge in [-0.1, -0.05) is 11.8 Å². The minimum Gasteiger partial charge on any atom is -0.478 e. The summed E-state index contributed by atoms with van der Waals surface area (Å²) in [5.41, 5.74) is 0.310. The SMILES string of the molecule is O=C(O)c1ccc(Sc2ccc(Br)c(I)c2)cc1. The van der Waals surface area contributed by atoms with E-state index in [2.05, 4.69) is 44.6 Å². The molecule has 92 valence electrons. The molecular formula is C13H8BrIO2S. The van der Waals surface area contributed by atoms with Crippen LogP contribution in [0.15, 0.2) is 56.7 Å². The highest BCUT2D eigenvalue weighted by molar-refractivity contribution is 14.1. The molecule has 0 bridgehead atoms. The summed E-state index contributed by atoms with van der Waals surface area (Å²) in [7, 11) is 0. The van der Waals surface area contributed by atoms with Crippen molar-refractivity contribution < 1.29 is 9.90 Å². The fourth-order valence-corrected chi connectivity index (χ4v) is 3.17. The molecule has 0 radical (unpaired) electrons. The molecule has 1 N–H and O–H groups in total. The Morgan fingerprint density at radius 2 is 1.72 bits per heavy atom. The summed E-state index contributed by atoms with van der Waals surface area (Å²) >= 11 is 7.34. The van der Waals surface area contributed by atoms with Crippen molar-refractivity contribution in [3.05, 3.63) is 56.1 Å². The van der Waals surface area contributed by atoms with Crippen LogP contribution in [0.25, 0.3) is 0 Å². The fourth-order valence-electron chi connectivity index (χ4n) is 1.34. The van der Waals surface area contributed by atoms with E-state index in [-0.39, 0.29) is 0 Å². The first-order valence-corrected chi connectivity index (χ1v) is 7.71. The Kier molecular flexibility index (Phi) is 4.69. The highest BCUT2D eigenvalue weighted by Gasteiger charge is 2.04. The summed E-state index contributed by atoms with van der Waals surface area (Å²) < 4.78 is 2.23. The van der Waals surface area contributed by atoms with Crippen LogP contribution in [-0.2, 0) is 0 Å². The van der Waals surface area contributed by atoms with Crippen molar-refractivity contribution in [1.29, 1.82) is 0 Å². The van der Waals surface area contributed by atoms with Gasteiger partial charge in [-0.25, -0.2) is 4.79 Å². The van der Waals surface area contributed by atoms with Crippen molar-refractivity contribution in [1.82, 2.24) is 0 Å². The van der Waals surface area contributed by atoms with Crippen molar-refractivity contribution in [2.45, 2.75) is 9.79 Å². The molecule has 0 saturated heterocycles. The van der Waals surface area contributed by atoms with Crippen molar-refractivity contribution in [2.24, 2.45) is 0 Å². The van der Waals surface area contributed by atoms with Gasteiger partial charge in [0.15, 0.2) is 0 Å². The molecule has 0 fully saturated rings. The minimum absolute atomic E-state index is 0.310. The number of halogens is 2. The predicted octanol–water partition coefficient (Wildman–Crippen LogP) is 4.90. The van der Waals surface area contributed by atoms with Crippen LogP contribution < -0.4 is 0 Å². The van der Waals surface area contributed by atoms with E-state index in [1.807, 2.05) is 24.3 Å². The zero-order valence-corrected chi connectivity index (χ0v) is 13.6. The maximum atomic E-state index is 10.7. The van der Waals surface area contributed by atoms with Gasteiger partial charge in [0, 0.05) is 17.8 Å². The lowest BCUT2D eigenvalue weighted by molar-refractivity contribution is 0.0697. The third kappa shape index (κ3) is 3.49. The minimum atomic E-state index is -0.898. The Morgan fingerprint density at radius 3 is 2.28 bits per heavy atom. The Balaban J connectivity index is 2.18. The smallest absolute Gasteiger partial charge is 0.335 e. The maximum absolute atomic E-state index is 10.7. The van der Waals surface area contributed by atoms with Crippen molar-refractivity contribution >= 4 is 56.3 Å². The number of carboxylic acids is 1. The molecule has 0 aliphatic heterocycles. The first kappa shape index (κ1) is 13.9. The van der Waals surface area contributed by atoms with Crippen molar-refractivity contribution in [2.75, 3.05) is 0 Å². The molecule has 5 heteroatoms. The standard InChI is InChI=1S/C13H8BrIO2S/c14-11-6-5-10(7-12(11)15)18-9-3-1-8(2-4-9)13(16)17/h1-7H,(H,16,17). The predicted molar refractivity (Wildman–Crippen MR) is 84.4 cm³/mol. The third-order valence-electron chi connectivity index (χ3n) is 2.23. The van der Waals surface area contributed by atoms with E-state index in [1.165, 1.54) is 0 Å². The number of hydrogen-bond donors (Lipinski definition) is 1. The molecule has 0 atom stereocenters. The zero-order chi connectivity index (χ0) is 13.1. The van der Waals surface area contributed by atoms with Crippen LogP contribution in [-0.4, -0.2) is 11.1 Å². The Morgan fingerprint density at radius 1 is 1.11 bits per heavy atom. The average Bonchev–Trinajstić information content (AvgIpc) is 2.34. The van der Waals surface area contributed by atoms with Crippen LogP contribution in [0, 0.1) is 3.57 Å². The quantitative estimate of drug-likeness (QED) is 0.698. The van der Waals surface area contributed by atoms with Crippen LogP contribution in [0.2, 0.25) is 0 Å². The van der Waals surface area contributed by atoms with Gasteiger partial charge in [0.2, 0.25) is 0 Å². The summed E-state index contributed by atoms with van der Waals surface area (Å²) in [6.07, 6.45) is 0. The Hall–Kier alpha value is -0.530. The van der Waals surface area contributed by atoms with Gasteiger partial charge in [-0.2, -0.15) is 0 Å². The van der Waals surface area contributed by atoms with E-state index in [9.17, 15) is 4.79 Å². The van der Waals surface area contributed by atoms with Crippen molar-refractivity contribution in [3.63, 3.8) is 0 Å². The molecule has 0 amide bonds. The number of benzene rings is 2.